The molecule has 0 aliphatic heterocycles. The normalized spacial score (nSPS) is 10.3. The van der Waals surface area contributed by atoms with Crippen LogP contribution in [0.4, 0.5) is 5.13 Å². The summed E-state index contributed by atoms with van der Waals surface area (Å²) in [6.45, 7) is 2.84. The third-order valence-electron chi connectivity index (χ3n) is 2.09. The zero-order valence-electron chi connectivity index (χ0n) is 9.88. The first-order valence-electron chi connectivity index (χ1n) is 5.49. The van der Waals surface area contributed by atoms with Crippen molar-refractivity contribution in [2.24, 2.45) is 0 Å². The van der Waals surface area contributed by atoms with Crippen molar-refractivity contribution in [1.82, 2.24) is 9.97 Å². The van der Waals surface area contributed by atoms with Crippen molar-refractivity contribution in [3.8, 4) is 0 Å². The van der Waals surface area contributed by atoms with Crippen LogP contribution in [0.3, 0.4) is 0 Å². The molecule has 2 rings (SSSR count). The van der Waals surface area contributed by atoms with Gasteiger partial charge in [0.25, 0.3) is 0 Å². The van der Waals surface area contributed by atoms with E-state index < -0.39 is 0 Å². The summed E-state index contributed by atoms with van der Waals surface area (Å²) >= 11 is 3.04. The number of aromatic nitrogens is 2. The number of ether oxygens (including phenoxy) is 1. The first kappa shape index (κ1) is 13.0. The maximum Gasteiger partial charge on any atom is 0.311 e. The van der Waals surface area contributed by atoms with Gasteiger partial charge in [0.2, 0.25) is 0 Å². The Morgan fingerprint density at radius 1 is 1.44 bits per heavy atom. The standard InChI is InChI=1S/C11H13N3O2S2/c1-2-16-10(15)3-8-6-18-11(14-8)12-4-9-5-17-7-13-9/h5-7H,2-4H2,1H3,(H,12,14). The van der Waals surface area contributed by atoms with Crippen molar-refractivity contribution in [2.45, 2.75) is 19.9 Å². The van der Waals surface area contributed by atoms with E-state index in [1.807, 2.05) is 10.8 Å². The lowest BCUT2D eigenvalue weighted by molar-refractivity contribution is -0.142. The number of thiazole rings is 2. The second-order valence-electron chi connectivity index (χ2n) is 3.46. The zero-order valence-corrected chi connectivity index (χ0v) is 11.5. The quantitative estimate of drug-likeness (QED) is 0.824. The third kappa shape index (κ3) is 3.78. The molecule has 18 heavy (non-hydrogen) atoms. The summed E-state index contributed by atoms with van der Waals surface area (Å²) in [5, 5.41) is 7.81. The number of nitrogens with zero attached hydrogens (tertiary/aromatic N) is 2. The minimum atomic E-state index is -0.242. The molecule has 0 atom stereocenters. The fourth-order valence-electron chi connectivity index (χ4n) is 1.32. The Balaban J connectivity index is 1.84. The summed E-state index contributed by atoms with van der Waals surface area (Å²) in [7, 11) is 0. The first-order valence-corrected chi connectivity index (χ1v) is 7.31. The van der Waals surface area contributed by atoms with Crippen molar-refractivity contribution in [3.05, 3.63) is 27.7 Å². The molecule has 96 valence electrons. The van der Waals surface area contributed by atoms with Crippen LogP contribution >= 0.6 is 22.7 Å². The van der Waals surface area contributed by atoms with E-state index in [1.165, 1.54) is 11.3 Å². The van der Waals surface area contributed by atoms with E-state index in [4.69, 9.17) is 4.74 Å². The Bertz CT molecular complexity index is 496. The van der Waals surface area contributed by atoms with Crippen molar-refractivity contribution in [3.63, 3.8) is 0 Å². The fourth-order valence-corrected chi connectivity index (χ4v) is 2.59. The van der Waals surface area contributed by atoms with Gasteiger partial charge >= 0.3 is 5.97 Å². The van der Waals surface area contributed by atoms with Crippen LogP contribution in [-0.4, -0.2) is 22.5 Å². The summed E-state index contributed by atoms with van der Waals surface area (Å²) < 4.78 is 4.87. The molecule has 0 spiro atoms. The van der Waals surface area contributed by atoms with E-state index in [2.05, 4.69) is 15.3 Å². The van der Waals surface area contributed by atoms with Gasteiger partial charge in [-0.05, 0) is 6.92 Å². The van der Waals surface area contributed by atoms with Crippen LogP contribution in [0.15, 0.2) is 16.3 Å². The number of nitrogens with one attached hydrogen (secondary N) is 1. The number of carbonyl (C=O) groups is 1. The lowest BCUT2D eigenvalue weighted by Gasteiger charge is -1.99. The molecule has 2 aromatic heterocycles. The van der Waals surface area contributed by atoms with Gasteiger partial charge in [-0.25, -0.2) is 9.97 Å². The molecule has 7 heteroatoms. The second-order valence-corrected chi connectivity index (χ2v) is 5.04. The Labute approximate surface area is 113 Å². The number of rotatable bonds is 6. The fraction of sp³-hybridized carbons (Fsp3) is 0.364. The largest absolute Gasteiger partial charge is 0.466 e. The number of esters is 1. The van der Waals surface area contributed by atoms with Gasteiger partial charge in [-0.15, -0.1) is 22.7 Å². The molecule has 2 aromatic rings. The zero-order chi connectivity index (χ0) is 12.8. The summed E-state index contributed by atoms with van der Waals surface area (Å²) in [5.74, 6) is -0.242. The van der Waals surface area contributed by atoms with Crippen molar-refractivity contribution in [1.29, 1.82) is 0 Å². The van der Waals surface area contributed by atoms with Crippen LogP contribution in [0.5, 0.6) is 0 Å². The minimum Gasteiger partial charge on any atom is -0.466 e. The smallest absolute Gasteiger partial charge is 0.311 e. The van der Waals surface area contributed by atoms with Crippen molar-refractivity contribution in [2.75, 3.05) is 11.9 Å². The maximum atomic E-state index is 11.3. The van der Waals surface area contributed by atoms with Crippen LogP contribution in [0.25, 0.3) is 0 Å². The van der Waals surface area contributed by atoms with Crippen molar-refractivity contribution < 1.29 is 9.53 Å². The van der Waals surface area contributed by atoms with Gasteiger partial charge in [-0.1, -0.05) is 0 Å². The molecule has 0 fully saturated rings. The molecule has 0 unspecified atom stereocenters. The summed E-state index contributed by atoms with van der Waals surface area (Å²) in [6.07, 6.45) is 0.225. The molecule has 2 heterocycles. The molecule has 5 nitrogen and oxygen atoms in total. The molecule has 0 aliphatic carbocycles. The second kappa shape index (κ2) is 6.46. The van der Waals surface area contributed by atoms with Gasteiger partial charge in [0.1, 0.15) is 0 Å². The van der Waals surface area contributed by atoms with E-state index in [0.717, 1.165) is 16.5 Å². The molecule has 0 radical (unpaired) electrons. The molecular formula is C11H13N3O2S2. The van der Waals surface area contributed by atoms with Gasteiger partial charge in [-0.2, -0.15) is 0 Å². The maximum absolute atomic E-state index is 11.3. The number of anilines is 1. The van der Waals surface area contributed by atoms with Crippen LogP contribution in [0.2, 0.25) is 0 Å². The molecule has 0 saturated carbocycles. The SMILES string of the molecule is CCOC(=O)Cc1csc(NCc2cscn2)n1. The Kier molecular flexibility index (Phi) is 4.66. The molecule has 1 N–H and O–H groups in total. The van der Waals surface area contributed by atoms with E-state index in [1.54, 1.807) is 23.8 Å². The molecule has 0 aliphatic rings. The predicted molar refractivity (Wildman–Crippen MR) is 71.9 cm³/mol. The van der Waals surface area contributed by atoms with E-state index >= 15 is 0 Å². The van der Waals surface area contributed by atoms with Crippen LogP contribution < -0.4 is 5.32 Å². The van der Waals surface area contributed by atoms with Crippen LogP contribution in [0.1, 0.15) is 18.3 Å². The van der Waals surface area contributed by atoms with Gasteiger partial charge in [0.15, 0.2) is 5.13 Å². The first-order chi connectivity index (χ1) is 8.78. The Hall–Kier alpha value is -1.47. The highest BCUT2D eigenvalue weighted by Gasteiger charge is 2.08. The average molecular weight is 283 g/mol. The van der Waals surface area contributed by atoms with Crippen molar-refractivity contribution >= 4 is 33.8 Å². The lowest BCUT2D eigenvalue weighted by atomic mass is 10.3. The minimum absolute atomic E-state index is 0.225. The molecular weight excluding hydrogens is 270 g/mol. The van der Waals surface area contributed by atoms with Gasteiger partial charge in [0, 0.05) is 10.8 Å². The van der Waals surface area contributed by atoms with E-state index in [0.29, 0.717) is 13.2 Å². The highest BCUT2D eigenvalue weighted by Crippen LogP contribution is 2.17. The van der Waals surface area contributed by atoms with Gasteiger partial charge in [-0.3, -0.25) is 4.79 Å². The molecule has 0 saturated heterocycles. The van der Waals surface area contributed by atoms with E-state index in [-0.39, 0.29) is 12.4 Å². The predicted octanol–water partition coefficient (Wildman–Crippen LogP) is 2.32. The topological polar surface area (TPSA) is 64.1 Å². The summed E-state index contributed by atoms with van der Waals surface area (Å²) in [6, 6.07) is 0. The number of hydrogen-bond acceptors (Lipinski definition) is 7. The average Bonchev–Trinajstić information content (AvgIpc) is 2.97. The Morgan fingerprint density at radius 3 is 3.06 bits per heavy atom. The van der Waals surface area contributed by atoms with Gasteiger partial charge < -0.3 is 10.1 Å². The monoisotopic (exact) mass is 283 g/mol. The third-order valence-corrected chi connectivity index (χ3v) is 3.57. The van der Waals surface area contributed by atoms with Gasteiger partial charge in [0.05, 0.1) is 36.5 Å². The molecule has 0 amide bonds. The number of carbonyl (C=O) groups excluding carboxylic acids is 1. The Morgan fingerprint density at radius 2 is 2.33 bits per heavy atom. The molecule has 0 bridgehead atoms. The summed E-state index contributed by atoms with van der Waals surface area (Å²) in [5.41, 5.74) is 3.52. The number of hydrogen-bond donors (Lipinski definition) is 1. The highest BCUT2D eigenvalue weighted by atomic mass is 32.1. The summed E-state index contributed by atoms with van der Waals surface area (Å²) in [4.78, 5) is 19.8. The van der Waals surface area contributed by atoms with E-state index in [9.17, 15) is 4.79 Å². The lowest BCUT2D eigenvalue weighted by Crippen LogP contribution is -2.07. The van der Waals surface area contributed by atoms with Crippen LogP contribution in [-0.2, 0) is 22.5 Å². The molecule has 0 aromatic carbocycles. The highest BCUT2D eigenvalue weighted by molar-refractivity contribution is 7.13. The van der Waals surface area contributed by atoms with Crippen LogP contribution in [0, 0.1) is 0 Å².